The fraction of sp³-hybridized carbons (Fsp3) is 0.588. The van der Waals surface area contributed by atoms with Crippen molar-refractivity contribution in [3.05, 3.63) is 35.4 Å². The molecule has 1 saturated carbocycles. The molecule has 1 aliphatic carbocycles. The van der Waals surface area contributed by atoms with Crippen molar-refractivity contribution in [1.29, 1.82) is 0 Å². The number of rotatable bonds is 3. The Balaban J connectivity index is 1.54. The summed E-state index contributed by atoms with van der Waals surface area (Å²) in [7, 11) is 1.94. The van der Waals surface area contributed by atoms with Gasteiger partial charge in [0.25, 0.3) is 5.91 Å². The van der Waals surface area contributed by atoms with Crippen LogP contribution in [-0.4, -0.2) is 43.5 Å². The lowest BCUT2D eigenvalue weighted by Gasteiger charge is -2.33. The molecule has 3 heterocycles. The summed E-state index contributed by atoms with van der Waals surface area (Å²) in [6.45, 7) is 3.61. The number of amides is 1. The van der Waals surface area contributed by atoms with E-state index >= 15 is 0 Å². The zero-order chi connectivity index (χ0) is 16.0. The van der Waals surface area contributed by atoms with Crippen molar-refractivity contribution in [2.45, 2.75) is 44.6 Å². The Hall–Kier alpha value is -2.11. The molecule has 4 rings (SSSR count). The largest absolute Gasteiger partial charge is 0.336 e. The summed E-state index contributed by atoms with van der Waals surface area (Å²) < 4.78 is 3.89. The van der Waals surface area contributed by atoms with E-state index in [-0.39, 0.29) is 11.9 Å². The lowest BCUT2D eigenvalue weighted by Crippen LogP contribution is -2.41. The fourth-order valence-electron chi connectivity index (χ4n) is 3.61. The molecule has 0 radical (unpaired) electrons. The molecule has 2 aromatic rings. The predicted octanol–water partition coefficient (Wildman–Crippen LogP) is 2.28. The smallest absolute Gasteiger partial charge is 0.257 e. The van der Waals surface area contributed by atoms with E-state index in [0.717, 1.165) is 42.8 Å². The van der Waals surface area contributed by atoms with E-state index < -0.39 is 0 Å². The highest BCUT2D eigenvalue weighted by molar-refractivity contribution is 5.95. The normalized spacial score (nSPS) is 21.7. The highest BCUT2D eigenvalue weighted by Gasteiger charge is 2.34. The van der Waals surface area contributed by atoms with Gasteiger partial charge in [0.1, 0.15) is 0 Å². The van der Waals surface area contributed by atoms with Gasteiger partial charge in [-0.1, -0.05) is 0 Å². The van der Waals surface area contributed by atoms with E-state index in [2.05, 4.69) is 16.4 Å². The van der Waals surface area contributed by atoms with Gasteiger partial charge < -0.3 is 4.90 Å². The van der Waals surface area contributed by atoms with Crippen molar-refractivity contribution in [3.63, 3.8) is 0 Å². The van der Waals surface area contributed by atoms with Gasteiger partial charge in [-0.05, 0) is 38.2 Å². The molecule has 1 saturated heterocycles. The molecule has 2 aliphatic rings. The van der Waals surface area contributed by atoms with E-state index in [1.807, 2.05) is 34.4 Å². The minimum Gasteiger partial charge on any atom is -0.336 e. The zero-order valence-corrected chi connectivity index (χ0v) is 13.8. The van der Waals surface area contributed by atoms with Gasteiger partial charge >= 0.3 is 0 Å². The first kappa shape index (κ1) is 14.5. The van der Waals surface area contributed by atoms with Crippen molar-refractivity contribution < 1.29 is 4.79 Å². The molecule has 0 bridgehead atoms. The number of piperidine rings is 1. The van der Waals surface area contributed by atoms with Crippen molar-refractivity contribution in [2.75, 3.05) is 13.1 Å². The summed E-state index contributed by atoms with van der Waals surface area (Å²) in [5, 5.41) is 8.75. The van der Waals surface area contributed by atoms with Gasteiger partial charge in [0.15, 0.2) is 0 Å². The second kappa shape index (κ2) is 5.51. The number of aromatic nitrogens is 4. The average Bonchev–Trinajstić information content (AvgIpc) is 3.18. The molecular weight excluding hydrogens is 290 g/mol. The SMILES string of the molecule is Cc1cnn([C@H]2CCCN(C(=O)c3cnn(C)c3C3CC3)C2)c1. The molecule has 1 aliphatic heterocycles. The number of likely N-dealkylation sites (tertiary alicyclic amines) is 1. The van der Waals surface area contributed by atoms with E-state index in [1.165, 1.54) is 12.8 Å². The third-order valence-electron chi connectivity index (χ3n) is 4.97. The lowest BCUT2D eigenvalue weighted by molar-refractivity contribution is 0.0671. The van der Waals surface area contributed by atoms with Crippen LogP contribution in [0.1, 0.15) is 59.3 Å². The average molecular weight is 313 g/mol. The van der Waals surface area contributed by atoms with Gasteiger partial charge in [0, 0.05) is 32.3 Å². The van der Waals surface area contributed by atoms with Crippen LogP contribution in [0.15, 0.2) is 18.6 Å². The Kier molecular flexibility index (Phi) is 3.47. The second-order valence-electron chi connectivity index (χ2n) is 6.89. The van der Waals surface area contributed by atoms with Crippen LogP contribution in [-0.2, 0) is 7.05 Å². The summed E-state index contributed by atoms with van der Waals surface area (Å²) >= 11 is 0. The third kappa shape index (κ3) is 2.66. The maximum atomic E-state index is 13.0. The molecule has 6 nitrogen and oxygen atoms in total. The van der Waals surface area contributed by atoms with Crippen LogP contribution < -0.4 is 0 Å². The Morgan fingerprint density at radius 2 is 2.04 bits per heavy atom. The van der Waals surface area contributed by atoms with Gasteiger partial charge in [0.05, 0.1) is 29.7 Å². The minimum atomic E-state index is 0.133. The van der Waals surface area contributed by atoms with Crippen LogP contribution in [0.3, 0.4) is 0 Å². The van der Waals surface area contributed by atoms with Crippen molar-refractivity contribution in [2.24, 2.45) is 7.05 Å². The number of hydrogen-bond acceptors (Lipinski definition) is 3. The van der Waals surface area contributed by atoms with Crippen LogP contribution >= 0.6 is 0 Å². The summed E-state index contributed by atoms with van der Waals surface area (Å²) in [5.74, 6) is 0.657. The summed E-state index contributed by atoms with van der Waals surface area (Å²) in [4.78, 5) is 15.0. The number of aryl methyl sites for hydroxylation is 2. The van der Waals surface area contributed by atoms with Crippen molar-refractivity contribution in [3.8, 4) is 0 Å². The van der Waals surface area contributed by atoms with E-state index in [1.54, 1.807) is 6.20 Å². The summed E-state index contributed by atoms with van der Waals surface area (Å²) in [5.41, 5.74) is 3.08. The molecule has 2 fully saturated rings. The van der Waals surface area contributed by atoms with E-state index in [0.29, 0.717) is 5.92 Å². The maximum absolute atomic E-state index is 13.0. The summed E-state index contributed by atoms with van der Waals surface area (Å²) in [6, 6.07) is 0.280. The first-order valence-corrected chi connectivity index (χ1v) is 8.45. The predicted molar refractivity (Wildman–Crippen MR) is 86.3 cm³/mol. The number of nitrogens with zero attached hydrogens (tertiary/aromatic N) is 5. The van der Waals surface area contributed by atoms with Gasteiger partial charge in [-0.25, -0.2) is 0 Å². The second-order valence-corrected chi connectivity index (χ2v) is 6.89. The molecular formula is C17H23N5O. The minimum absolute atomic E-state index is 0.133. The molecule has 1 amide bonds. The summed E-state index contributed by atoms with van der Waals surface area (Å²) in [6.07, 6.45) is 10.1. The first-order chi connectivity index (χ1) is 11.1. The molecule has 0 N–H and O–H groups in total. The topological polar surface area (TPSA) is 56.0 Å². The van der Waals surface area contributed by atoms with Gasteiger partial charge in [0.2, 0.25) is 0 Å². The molecule has 0 spiro atoms. The molecule has 23 heavy (non-hydrogen) atoms. The molecule has 6 heteroatoms. The van der Waals surface area contributed by atoms with Crippen LogP contribution in [0, 0.1) is 6.92 Å². The van der Waals surface area contributed by atoms with Crippen LogP contribution in [0.25, 0.3) is 0 Å². The highest BCUT2D eigenvalue weighted by atomic mass is 16.2. The van der Waals surface area contributed by atoms with E-state index in [4.69, 9.17) is 0 Å². The molecule has 2 aromatic heterocycles. The van der Waals surface area contributed by atoms with Gasteiger partial charge in [-0.2, -0.15) is 10.2 Å². The molecule has 0 aromatic carbocycles. The van der Waals surface area contributed by atoms with Crippen molar-refractivity contribution >= 4 is 5.91 Å². The number of carbonyl (C=O) groups is 1. The molecule has 0 unspecified atom stereocenters. The Morgan fingerprint density at radius 1 is 1.22 bits per heavy atom. The van der Waals surface area contributed by atoms with Crippen molar-refractivity contribution in [1.82, 2.24) is 24.5 Å². The Labute approximate surface area is 136 Å². The van der Waals surface area contributed by atoms with Crippen LogP contribution in [0.5, 0.6) is 0 Å². The number of carbonyl (C=O) groups excluding carboxylic acids is 1. The zero-order valence-electron chi connectivity index (χ0n) is 13.8. The monoisotopic (exact) mass is 313 g/mol. The lowest BCUT2D eigenvalue weighted by atomic mass is 10.0. The first-order valence-electron chi connectivity index (χ1n) is 8.45. The molecule has 1 atom stereocenters. The Bertz CT molecular complexity index is 727. The van der Waals surface area contributed by atoms with Crippen LogP contribution in [0.4, 0.5) is 0 Å². The fourth-order valence-corrected chi connectivity index (χ4v) is 3.61. The molecule has 122 valence electrons. The van der Waals surface area contributed by atoms with E-state index in [9.17, 15) is 4.79 Å². The number of hydrogen-bond donors (Lipinski definition) is 0. The van der Waals surface area contributed by atoms with Crippen LogP contribution in [0.2, 0.25) is 0 Å². The maximum Gasteiger partial charge on any atom is 0.257 e. The Morgan fingerprint density at radius 3 is 2.74 bits per heavy atom. The van der Waals surface area contributed by atoms with Gasteiger partial charge in [-0.3, -0.25) is 14.2 Å². The third-order valence-corrected chi connectivity index (χ3v) is 4.97. The van der Waals surface area contributed by atoms with Gasteiger partial charge in [-0.15, -0.1) is 0 Å². The standard InChI is InChI=1S/C17H23N5O/c1-12-8-19-22(10-12)14-4-3-7-21(11-14)17(23)15-9-18-20(2)16(15)13-5-6-13/h8-10,13-14H,3-7,11H2,1-2H3/t14-/m0/s1. The highest BCUT2D eigenvalue weighted by Crippen LogP contribution is 2.41. The quantitative estimate of drug-likeness (QED) is 0.873.